The Hall–Kier alpha value is -1.85. The van der Waals surface area contributed by atoms with Crippen LogP contribution in [0.25, 0.3) is 0 Å². The molecule has 3 rings (SSSR count). The van der Waals surface area contributed by atoms with Gasteiger partial charge in [0.05, 0.1) is 22.8 Å². The smallest absolute Gasteiger partial charge is 0.409 e. The number of para-hydroxylation sites is 2. The van der Waals surface area contributed by atoms with E-state index in [0.29, 0.717) is 16.6 Å². The molecule has 21 heavy (non-hydrogen) atoms. The topological polar surface area (TPSA) is 49.8 Å². The SMILES string of the molecule is O=C(Oc1ccccc1Br)N1c2ccccc2C[C@H]1CO. The third-order valence-corrected chi connectivity index (χ3v) is 4.17. The van der Waals surface area contributed by atoms with Crippen LogP contribution in [0.3, 0.4) is 0 Å². The molecule has 0 radical (unpaired) electrons. The summed E-state index contributed by atoms with van der Waals surface area (Å²) in [4.78, 5) is 14.0. The molecule has 108 valence electrons. The number of aliphatic hydroxyl groups is 1. The Morgan fingerprint density at radius 1 is 1.24 bits per heavy atom. The molecule has 1 N–H and O–H groups in total. The highest BCUT2D eigenvalue weighted by Gasteiger charge is 2.34. The van der Waals surface area contributed by atoms with Gasteiger partial charge in [-0.05, 0) is 46.1 Å². The summed E-state index contributed by atoms with van der Waals surface area (Å²) in [6, 6.07) is 14.5. The Morgan fingerprint density at radius 3 is 2.71 bits per heavy atom. The van der Waals surface area contributed by atoms with Gasteiger partial charge < -0.3 is 9.84 Å². The Bertz CT molecular complexity index is 674. The fourth-order valence-electron chi connectivity index (χ4n) is 2.52. The van der Waals surface area contributed by atoms with Gasteiger partial charge in [0.15, 0.2) is 0 Å². The van der Waals surface area contributed by atoms with E-state index in [1.54, 1.807) is 12.1 Å². The van der Waals surface area contributed by atoms with Crippen LogP contribution in [-0.4, -0.2) is 23.8 Å². The third-order valence-electron chi connectivity index (χ3n) is 3.51. The summed E-state index contributed by atoms with van der Waals surface area (Å²) in [6.07, 6.45) is 0.156. The second kappa shape index (κ2) is 5.87. The number of benzene rings is 2. The molecule has 0 saturated carbocycles. The average molecular weight is 348 g/mol. The predicted octanol–water partition coefficient (Wildman–Crippen LogP) is 3.37. The minimum Gasteiger partial charge on any atom is -0.409 e. The summed E-state index contributed by atoms with van der Waals surface area (Å²) < 4.78 is 6.16. The second-order valence-electron chi connectivity index (χ2n) is 4.84. The molecule has 0 aliphatic carbocycles. The number of carbonyl (C=O) groups is 1. The molecule has 0 unspecified atom stereocenters. The lowest BCUT2D eigenvalue weighted by molar-refractivity contribution is 0.197. The second-order valence-corrected chi connectivity index (χ2v) is 5.69. The van der Waals surface area contributed by atoms with E-state index in [2.05, 4.69) is 15.9 Å². The summed E-state index contributed by atoms with van der Waals surface area (Å²) in [5, 5.41) is 9.52. The Balaban J connectivity index is 1.88. The van der Waals surface area contributed by atoms with Gasteiger partial charge in [0, 0.05) is 0 Å². The monoisotopic (exact) mass is 347 g/mol. The maximum Gasteiger partial charge on any atom is 0.420 e. The molecule has 0 fully saturated rings. The van der Waals surface area contributed by atoms with E-state index in [0.717, 1.165) is 11.3 Å². The maximum atomic E-state index is 12.5. The number of halogens is 1. The summed E-state index contributed by atoms with van der Waals surface area (Å²) in [6.45, 7) is -0.0975. The molecule has 4 nitrogen and oxygen atoms in total. The minimum absolute atomic E-state index is 0.0975. The van der Waals surface area contributed by atoms with E-state index in [1.807, 2.05) is 36.4 Å². The normalized spacial score (nSPS) is 16.7. The molecule has 1 atom stereocenters. The largest absolute Gasteiger partial charge is 0.420 e. The molecule has 1 aliphatic heterocycles. The summed E-state index contributed by atoms with van der Waals surface area (Å²) in [5.74, 6) is 0.462. The van der Waals surface area contributed by atoms with E-state index < -0.39 is 6.09 Å². The van der Waals surface area contributed by atoms with E-state index in [4.69, 9.17) is 4.74 Å². The molecule has 0 spiro atoms. The molecular formula is C16H14BrNO3. The number of fused-ring (bicyclic) bond motifs is 1. The highest BCUT2D eigenvalue weighted by Crippen LogP contribution is 2.33. The molecular weight excluding hydrogens is 334 g/mol. The van der Waals surface area contributed by atoms with Crippen molar-refractivity contribution in [3.8, 4) is 5.75 Å². The van der Waals surface area contributed by atoms with Gasteiger partial charge in [-0.25, -0.2) is 4.79 Å². The molecule has 2 aromatic carbocycles. The van der Waals surface area contributed by atoms with Gasteiger partial charge in [-0.1, -0.05) is 30.3 Å². The molecule has 0 aromatic heterocycles. The maximum absolute atomic E-state index is 12.5. The summed E-state index contributed by atoms with van der Waals surface area (Å²) in [5.41, 5.74) is 1.84. The van der Waals surface area contributed by atoms with Crippen LogP contribution in [0, 0.1) is 0 Å². The number of hydrogen-bond acceptors (Lipinski definition) is 3. The highest BCUT2D eigenvalue weighted by atomic mass is 79.9. The average Bonchev–Trinajstić information content (AvgIpc) is 2.88. The van der Waals surface area contributed by atoms with Crippen molar-refractivity contribution in [1.82, 2.24) is 0 Å². The van der Waals surface area contributed by atoms with Crippen molar-refractivity contribution in [2.75, 3.05) is 11.5 Å². The van der Waals surface area contributed by atoms with E-state index in [-0.39, 0.29) is 12.6 Å². The number of hydrogen-bond donors (Lipinski definition) is 1. The number of aliphatic hydroxyl groups excluding tert-OH is 1. The lowest BCUT2D eigenvalue weighted by atomic mass is 10.1. The first-order chi connectivity index (χ1) is 10.2. The van der Waals surface area contributed by atoms with E-state index in [1.165, 1.54) is 4.90 Å². The van der Waals surface area contributed by atoms with Crippen LogP contribution in [0.2, 0.25) is 0 Å². The van der Waals surface area contributed by atoms with Gasteiger partial charge in [-0.15, -0.1) is 0 Å². The van der Waals surface area contributed by atoms with Gasteiger partial charge in [-0.2, -0.15) is 0 Å². The van der Waals surface area contributed by atoms with Crippen LogP contribution in [0.5, 0.6) is 5.75 Å². The minimum atomic E-state index is -0.481. The summed E-state index contributed by atoms with van der Waals surface area (Å²) in [7, 11) is 0. The van der Waals surface area contributed by atoms with Crippen LogP contribution in [-0.2, 0) is 6.42 Å². The van der Waals surface area contributed by atoms with Crippen molar-refractivity contribution < 1.29 is 14.6 Å². The van der Waals surface area contributed by atoms with E-state index >= 15 is 0 Å². The van der Waals surface area contributed by atoms with Crippen molar-refractivity contribution in [3.05, 3.63) is 58.6 Å². The third kappa shape index (κ3) is 2.66. The molecule has 1 aliphatic rings. The number of ether oxygens (including phenoxy) is 1. The van der Waals surface area contributed by atoms with Crippen molar-refractivity contribution in [3.63, 3.8) is 0 Å². The Morgan fingerprint density at radius 2 is 1.95 bits per heavy atom. The molecule has 0 bridgehead atoms. The molecule has 1 amide bonds. The van der Waals surface area contributed by atoms with Crippen LogP contribution < -0.4 is 9.64 Å². The lowest BCUT2D eigenvalue weighted by Gasteiger charge is -2.23. The number of amides is 1. The zero-order valence-corrected chi connectivity index (χ0v) is 12.8. The first-order valence-electron chi connectivity index (χ1n) is 6.65. The van der Waals surface area contributed by atoms with Crippen molar-refractivity contribution >= 4 is 27.7 Å². The standard InChI is InChI=1S/C16H14BrNO3/c17-13-6-2-4-8-15(13)21-16(20)18-12(10-19)9-11-5-1-3-7-14(11)18/h1-8,12,19H,9-10H2/t12-/m0/s1. The zero-order valence-electron chi connectivity index (χ0n) is 11.2. The van der Waals surface area contributed by atoms with Crippen LogP contribution in [0.4, 0.5) is 10.5 Å². The van der Waals surface area contributed by atoms with Crippen LogP contribution in [0.1, 0.15) is 5.56 Å². The van der Waals surface area contributed by atoms with Crippen LogP contribution >= 0.6 is 15.9 Å². The highest BCUT2D eigenvalue weighted by molar-refractivity contribution is 9.10. The lowest BCUT2D eigenvalue weighted by Crippen LogP contribution is -2.41. The number of rotatable bonds is 2. The van der Waals surface area contributed by atoms with Gasteiger partial charge in [0.2, 0.25) is 0 Å². The molecule has 1 heterocycles. The molecule has 5 heteroatoms. The molecule has 0 saturated heterocycles. The van der Waals surface area contributed by atoms with Crippen molar-refractivity contribution in [2.24, 2.45) is 0 Å². The first kappa shape index (κ1) is 14.1. The Kier molecular flexibility index (Phi) is 3.94. The first-order valence-corrected chi connectivity index (χ1v) is 7.44. The van der Waals surface area contributed by atoms with Gasteiger partial charge in [-0.3, -0.25) is 4.90 Å². The van der Waals surface area contributed by atoms with Gasteiger partial charge in [0.1, 0.15) is 5.75 Å². The van der Waals surface area contributed by atoms with E-state index in [9.17, 15) is 9.90 Å². The number of nitrogens with zero attached hydrogens (tertiary/aromatic N) is 1. The molecule has 2 aromatic rings. The van der Waals surface area contributed by atoms with Crippen molar-refractivity contribution in [2.45, 2.75) is 12.5 Å². The van der Waals surface area contributed by atoms with Gasteiger partial charge in [0.25, 0.3) is 0 Å². The number of anilines is 1. The summed E-state index contributed by atoms with van der Waals surface area (Å²) >= 11 is 3.35. The van der Waals surface area contributed by atoms with Gasteiger partial charge >= 0.3 is 6.09 Å². The van der Waals surface area contributed by atoms with Crippen LogP contribution in [0.15, 0.2) is 53.0 Å². The predicted molar refractivity (Wildman–Crippen MR) is 83.7 cm³/mol. The fraction of sp³-hybridized carbons (Fsp3) is 0.188. The van der Waals surface area contributed by atoms with Crippen molar-refractivity contribution in [1.29, 1.82) is 0 Å². The zero-order chi connectivity index (χ0) is 14.8. The Labute approximate surface area is 131 Å². The fourth-order valence-corrected chi connectivity index (χ4v) is 2.89. The quantitative estimate of drug-likeness (QED) is 0.905. The number of carbonyl (C=O) groups excluding carboxylic acids is 1.